The van der Waals surface area contributed by atoms with Crippen LogP contribution in [-0.2, 0) is 17.0 Å². The van der Waals surface area contributed by atoms with Crippen molar-refractivity contribution in [1.82, 2.24) is 15.3 Å². The molecule has 2 N–H and O–H groups in total. The van der Waals surface area contributed by atoms with Gasteiger partial charge in [0.2, 0.25) is 5.91 Å². The third kappa shape index (κ3) is 4.46. The monoisotopic (exact) mass is 317 g/mol. The molecule has 1 aromatic carbocycles. The van der Waals surface area contributed by atoms with Crippen LogP contribution in [0.15, 0.2) is 34.2 Å². The minimum Gasteiger partial charge on any atom is -0.359 e. The summed E-state index contributed by atoms with van der Waals surface area (Å²) in [5.74, 6) is 0.559. The summed E-state index contributed by atoms with van der Waals surface area (Å²) < 4.78 is 0. The molecule has 22 heavy (non-hydrogen) atoms. The molecule has 0 spiro atoms. The minimum atomic E-state index is -0.239. The van der Waals surface area contributed by atoms with E-state index in [2.05, 4.69) is 47.3 Å². The van der Waals surface area contributed by atoms with Gasteiger partial charge in [-0.2, -0.15) is 0 Å². The van der Waals surface area contributed by atoms with Crippen molar-refractivity contribution in [1.29, 1.82) is 0 Å². The predicted octanol–water partition coefficient (Wildman–Crippen LogP) is 1.97. The molecule has 2 aromatic rings. The number of carbonyl (C=O) groups is 1. The third-order valence-corrected chi connectivity index (χ3v) is 4.18. The molecule has 0 atom stereocenters. The zero-order valence-corrected chi connectivity index (χ0v) is 13.7. The lowest BCUT2D eigenvalue weighted by Crippen LogP contribution is -2.22. The first-order valence-corrected chi connectivity index (χ1v) is 7.96. The number of benzene rings is 1. The van der Waals surface area contributed by atoms with E-state index in [4.69, 9.17) is 0 Å². The van der Waals surface area contributed by atoms with Gasteiger partial charge in [-0.25, -0.2) is 4.98 Å². The van der Waals surface area contributed by atoms with E-state index in [0.29, 0.717) is 10.9 Å². The van der Waals surface area contributed by atoms with Crippen LogP contribution < -0.4 is 10.9 Å². The number of aryl methyl sites for hydroxylation is 2. The number of thioether (sulfide) groups is 1. The van der Waals surface area contributed by atoms with Gasteiger partial charge in [0.1, 0.15) is 0 Å². The second kappa shape index (κ2) is 7.26. The van der Waals surface area contributed by atoms with E-state index in [1.165, 1.54) is 34.5 Å². The van der Waals surface area contributed by atoms with Crippen molar-refractivity contribution in [2.24, 2.45) is 0 Å². The molecular weight excluding hydrogens is 298 g/mol. The molecule has 0 aliphatic carbocycles. The number of H-pyrrole nitrogens is 1. The van der Waals surface area contributed by atoms with Crippen molar-refractivity contribution < 1.29 is 4.79 Å². The first-order valence-electron chi connectivity index (χ1n) is 6.97. The highest BCUT2D eigenvalue weighted by atomic mass is 32.2. The molecule has 0 radical (unpaired) electrons. The second-order valence-corrected chi connectivity index (χ2v) is 6.07. The molecule has 116 valence electrons. The van der Waals surface area contributed by atoms with Gasteiger partial charge in [-0.3, -0.25) is 9.59 Å². The number of aromatic nitrogens is 2. The Morgan fingerprint density at radius 2 is 2.09 bits per heavy atom. The summed E-state index contributed by atoms with van der Waals surface area (Å²) in [5.41, 5.74) is 3.87. The molecule has 0 saturated carbocycles. The molecule has 0 bridgehead atoms. The van der Waals surface area contributed by atoms with Crippen LogP contribution in [0.1, 0.15) is 22.4 Å². The molecule has 0 unspecified atom stereocenters. The Bertz CT molecular complexity index is 740. The highest BCUT2D eigenvalue weighted by Gasteiger charge is 2.07. The normalized spacial score (nSPS) is 10.5. The molecule has 2 rings (SSSR count). The molecule has 1 amide bonds. The third-order valence-electron chi connectivity index (χ3n) is 3.26. The first kappa shape index (κ1) is 16.3. The van der Waals surface area contributed by atoms with Crippen molar-refractivity contribution in [3.63, 3.8) is 0 Å². The van der Waals surface area contributed by atoms with Crippen LogP contribution in [0.4, 0.5) is 0 Å². The van der Waals surface area contributed by atoms with Crippen molar-refractivity contribution in [3.8, 4) is 0 Å². The zero-order chi connectivity index (χ0) is 16.1. The van der Waals surface area contributed by atoms with Crippen LogP contribution in [0, 0.1) is 13.8 Å². The number of hydrogen-bond acceptors (Lipinski definition) is 4. The number of aromatic amines is 1. The molecule has 5 nitrogen and oxygen atoms in total. The van der Waals surface area contributed by atoms with Crippen LogP contribution in [0.2, 0.25) is 0 Å². The minimum absolute atomic E-state index is 0.109. The maximum Gasteiger partial charge on any atom is 0.251 e. The first-order chi connectivity index (χ1) is 10.5. The van der Waals surface area contributed by atoms with Gasteiger partial charge in [0.15, 0.2) is 5.16 Å². The van der Waals surface area contributed by atoms with E-state index < -0.39 is 0 Å². The maximum absolute atomic E-state index is 11.7. The van der Waals surface area contributed by atoms with E-state index in [0.717, 1.165) is 5.75 Å². The predicted molar refractivity (Wildman–Crippen MR) is 88.1 cm³/mol. The average Bonchev–Trinajstić information content (AvgIpc) is 2.47. The molecule has 1 aromatic heterocycles. The number of carbonyl (C=O) groups excluding carboxylic acids is 1. The number of nitrogens with zero attached hydrogens (tertiary/aromatic N) is 1. The Morgan fingerprint density at radius 3 is 2.82 bits per heavy atom. The number of rotatable bonds is 5. The molecule has 0 aliphatic heterocycles. The van der Waals surface area contributed by atoms with E-state index in [1.54, 1.807) is 7.05 Å². The SMILES string of the molecule is CNC(=O)Cc1cc(=O)[nH]c(SCc2cc(C)ccc2C)n1. The van der Waals surface area contributed by atoms with Crippen LogP contribution in [-0.4, -0.2) is 22.9 Å². The van der Waals surface area contributed by atoms with Crippen molar-refractivity contribution in [3.05, 3.63) is 57.0 Å². The molecule has 1 heterocycles. The van der Waals surface area contributed by atoms with Gasteiger partial charge in [-0.05, 0) is 25.0 Å². The fourth-order valence-corrected chi connectivity index (χ4v) is 2.95. The topological polar surface area (TPSA) is 74.8 Å². The van der Waals surface area contributed by atoms with Crippen LogP contribution in [0.25, 0.3) is 0 Å². The standard InChI is InChI=1S/C16H19N3O2S/c1-10-4-5-11(2)12(6-10)9-22-16-18-13(7-14(20)17-3)8-15(21)19-16/h4-6,8H,7,9H2,1-3H3,(H,17,20)(H,18,19,21). The maximum atomic E-state index is 11.7. The Balaban J connectivity index is 2.14. The summed E-state index contributed by atoms with van der Waals surface area (Å²) in [7, 11) is 1.56. The van der Waals surface area contributed by atoms with Gasteiger partial charge < -0.3 is 10.3 Å². The summed E-state index contributed by atoms with van der Waals surface area (Å²) >= 11 is 1.46. The van der Waals surface area contributed by atoms with Gasteiger partial charge in [0.05, 0.1) is 12.1 Å². The Kier molecular flexibility index (Phi) is 5.38. The summed E-state index contributed by atoms with van der Waals surface area (Å²) in [6, 6.07) is 7.66. The van der Waals surface area contributed by atoms with Gasteiger partial charge >= 0.3 is 0 Å². The lowest BCUT2D eigenvalue weighted by molar-refractivity contribution is -0.120. The Hall–Kier alpha value is -2.08. The highest BCUT2D eigenvalue weighted by Crippen LogP contribution is 2.21. The van der Waals surface area contributed by atoms with Crippen LogP contribution in [0.5, 0.6) is 0 Å². The van der Waals surface area contributed by atoms with Crippen molar-refractivity contribution in [2.75, 3.05) is 7.05 Å². The van der Waals surface area contributed by atoms with Gasteiger partial charge in [-0.15, -0.1) is 0 Å². The fraction of sp³-hybridized carbons (Fsp3) is 0.312. The number of nitrogens with one attached hydrogen (secondary N) is 2. The summed E-state index contributed by atoms with van der Waals surface area (Å²) in [5, 5.41) is 3.06. The summed E-state index contributed by atoms with van der Waals surface area (Å²) in [6.45, 7) is 4.12. The van der Waals surface area contributed by atoms with E-state index in [-0.39, 0.29) is 17.9 Å². The van der Waals surface area contributed by atoms with E-state index >= 15 is 0 Å². The van der Waals surface area contributed by atoms with Crippen molar-refractivity contribution in [2.45, 2.75) is 31.2 Å². The highest BCUT2D eigenvalue weighted by molar-refractivity contribution is 7.98. The molecule has 0 aliphatic rings. The zero-order valence-electron chi connectivity index (χ0n) is 12.9. The molecular formula is C16H19N3O2S. The summed E-state index contributed by atoms with van der Waals surface area (Å²) in [4.78, 5) is 30.1. The van der Waals surface area contributed by atoms with E-state index in [1.807, 2.05) is 0 Å². The van der Waals surface area contributed by atoms with Crippen molar-refractivity contribution >= 4 is 17.7 Å². The number of likely N-dealkylation sites (N-methyl/N-ethyl adjacent to an activating group) is 1. The van der Waals surface area contributed by atoms with Crippen LogP contribution >= 0.6 is 11.8 Å². The lowest BCUT2D eigenvalue weighted by atomic mass is 10.1. The average molecular weight is 317 g/mol. The van der Waals surface area contributed by atoms with E-state index in [9.17, 15) is 9.59 Å². The second-order valence-electron chi connectivity index (χ2n) is 5.11. The summed E-state index contributed by atoms with van der Waals surface area (Å²) in [6.07, 6.45) is 0.109. The largest absolute Gasteiger partial charge is 0.359 e. The molecule has 6 heteroatoms. The molecule has 0 saturated heterocycles. The van der Waals surface area contributed by atoms with Gasteiger partial charge in [0.25, 0.3) is 5.56 Å². The lowest BCUT2D eigenvalue weighted by Gasteiger charge is -2.07. The Labute approximate surface area is 133 Å². The van der Waals surface area contributed by atoms with Gasteiger partial charge in [0, 0.05) is 18.9 Å². The smallest absolute Gasteiger partial charge is 0.251 e. The number of hydrogen-bond donors (Lipinski definition) is 2. The van der Waals surface area contributed by atoms with Gasteiger partial charge in [-0.1, -0.05) is 35.5 Å². The Morgan fingerprint density at radius 1 is 1.32 bits per heavy atom. The fourth-order valence-electron chi connectivity index (χ4n) is 2.00. The molecule has 0 fully saturated rings. The number of amides is 1. The van der Waals surface area contributed by atoms with Crippen LogP contribution in [0.3, 0.4) is 0 Å². The quantitative estimate of drug-likeness (QED) is 0.653.